The van der Waals surface area contributed by atoms with E-state index in [2.05, 4.69) is 40.1 Å². The van der Waals surface area contributed by atoms with Gasteiger partial charge in [-0.3, -0.25) is 0 Å². The summed E-state index contributed by atoms with van der Waals surface area (Å²) in [5.74, 6) is 0. The predicted molar refractivity (Wildman–Crippen MR) is 89.5 cm³/mol. The highest BCUT2D eigenvalue weighted by Crippen LogP contribution is 2.34. The van der Waals surface area contributed by atoms with Crippen LogP contribution in [0.5, 0.6) is 0 Å². The van der Waals surface area contributed by atoms with E-state index in [1.54, 1.807) is 23.3 Å². The van der Waals surface area contributed by atoms with Gasteiger partial charge < -0.3 is 4.31 Å². The maximum Gasteiger partial charge on any atom is 0.171 e. The molecule has 3 aromatic rings. The largest absolute Gasteiger partial charge is 0.306 e. The molecule has 0 saturated carbocycles. The van der Waals surface area contributed by atoms with E-state index in [4.69, 9.17) is 0 Å². The minimum absolute atomic E-state index is 0.782. The molecule has 0 aliphatic rings. The molecule has 4 heteroatoms. The van der Waals surface area contributed by atoms with E-state index in [1.807, 2.05) is 36.4 Å². The highest BCUT2D eigenvalue weighted by Gasteiger charge is 2.10. The molecule has 0 aliphatic heterocycles. The Hall–Kier alpha value is -1.78. The van der Waals surface area contributed by atoms with Crippen LogP contribution in [0.15, 0.2) is 71.6 Å². The Balaban J connectivity index is 1.87. The molecular weight excluding hydrogens is 284 g/mol. The number of para-hydroxylation sites is 2. The zero-order chi connectivity index (χ0) is 13.8. The number of benzene rings is 2. The van der Waals surface area contributed by atoms with Gasteiger partial charge >= 0.3 is 0 Å². The van der Waals surface area contributed by atoms with Crippen LogP contribution in [-0.2, 0) is 0 Å². The topological polar surface area (TPSA) is 16.1 Å². The van der Waals surface area contributed by atoms with E-state index in [0.29, 0.717) is 0 Å². The average molecular weight is 298 g/mol. The smallest absolute Gasteiger partial charge is 0.171 e. The Morgan fingerprint density at radius 3 is 2.60 bits per heavy atom. The van der Waals surface area contributed by atoms with E-state index >= 15 is 0 Å². The van der Waals surface area contributed by atoms with Gasteiger partial charge in [0, 0.05) is 24.2 Å². The van der Waals surface area contributed by atoms with Gasteiger partial charge in [0.1, 0.15) is 0 Å². The van der Waals surface area contributed by atoms with Crippen LogP contribution in [0.3, 0.4) is 0 Å². The first-order chi connectivity index (χ1) is 9.86. The summed E-state index contributed by atoms with van der Waals surface area (Å²) >= 11 is 3.38. The van der Waals surface area contributed by atoms with E-state index in [0.717, 1.165) is 22.1 Å². The van der Waals surface area contributed by atoms with E-state index < -0.39 is 0 Å². The van der Waals surface area contributed by atoms with E-state index in [1.165, 1.54) is 4.70 Å². The van der Waals surface area contributed by atoms with Gasteiger partial charge in [-0.05, 0) is 24.3 Å². The molecule has 0 spiro atoms. The Morgan fingerprint density at radius 1 is 1.10 bits per heavy atom. The van der Waals surface area contributed by atoms with Gasteiger partial charge in [0.2, 0.25) is 0 Å². The second kappa shape index (κ2) is 6.11. The van der Waals surface area contributed by atoms with Gasteiger partial charge in [0.15, 0.2) is 4.34 Å². The summed E-state index contributed by atoms with van der Waals surface area (Å²) in [5, 5.41) is 0. The van der Waals surface area contributed by atoms with Crippen LogP contribution < -0.4 is 4.31 Å². The number of anilines is 1. The molecule has 1 aromatic heterocycles. The van der Waals surface area contributed by atoms with Gasteiger partial charge in [-0.25, -0.2) is 4.98 Å². The monoisotopic (exact) mass is 298 g/mol. The van der Waals surface area contributed by atoms with Gasteiger partial charge in [-0.2, -0.15) is 0 Å². The van der Waals surface area contributed by atoms with Crippen LogP contribution in [0.1, 0.15) is 0 Å². The van der Waals surface area contributed by atoms with E-state index in [9.17, 15) is 0 Å². The lowest BCUT2D eigenvalue weighted by Crippen LogP contribution is -2.13. The molecular formula is C16H14N2S2. The summed E-state index contributed by atoms with van der Waals surface area (Å²) in [5.41, 5.74) is 2.23. The van der Waals surface area contributed by atoms with Crippen molar-refractivity contribution in [1.29, 1.82) is 0 Å². The van der Waals surface area contributed by atoms with Crippen LogP contribution in [0.2, 0.25) is 0 Å². The average Bonchev–Trinajstić information content (AvgIpc) is 2.90. The zero-order valence-electron chi connectivity index (χ0n) is 10.9. The molecule has 0 amide bonds. The highest BCUT2D eigenvalue weighted by atomic mass is 32.2. The molecule has 0 aliphatic carbocycles. The third kappa shape index (κ3) is 2.86. The van der Waals surface area contributed by atoms with E-state index in [-0.39, 0.29) is 0 Å². The van der Waals surface area contributed by atoms with Crippen molar-refractivity contribution in [1.82, 2.24) is 4.98 Å². The molecule has 1 heterocycles. The summed E-state index contributed by atoms with van der Waals surface area (Å²) < 4.78 is 4.48. The molecule has 0 fully saturated rings. The number of nitrogens with zero attached hydrogens (tertiary/aromatic N) is 2. The first-order valence-corrected chi connectivity index (χ1v) is 7.93. The standard InChI is InChI=1S/C16H14N2S2/c1-2-12-18(13-8-4-3-5-9-13)20-16-17-14-10-6-7-11-15(14)19-16/h2-11H,1,12H2. The van der Waals surface area contributed by atoms with Crippen molar-refractivity contribution in [3.05, 3.63) is 67.3 Å². The summed E-state index contributed by atoms with van der Waals surface area (Å²) in [4.78, 5) is 4.67. The fourth-order valence-electron chi connectivity index (χ4n) is 1.89. The zero-order valence-corrected chi connectivity index (χ0v) is 12.5. The highest BCUT2D eigenvalue weighted by molar-refractivity contribution is 8.02. The van der Waals surface area contributed by atoms with Crippen molar-refractivity contribution in [2.24, 2.45) is 0 Å². The van der Waals surface area contributed by atoms with Crippen LogP contribution >= 0.6 is 23.3 Å². The third-order valence-corrected chi connectivity index (χ3v) is 4.93. The lowest BCUT2D eigenvalue weighted by atomic mass is 10.3. The Morgan fingerprint density at radius 2 is 1.85 bits per heavy atom. The summed E-state index contributed by atoms with van der Waals surface area (Å²) in [6.07, 6.45) is 1.91. The number of fused-ring (bicyclic) bond motifs is 1. The Kier molecular flexibility index (Phi) is 4.04. The number of thiazole rings is 1. The van der Waals surface area contributed by atoms with Crippen LogP contribution in [-0.4, -0.2) is 11.5 Å². The fourth-order valence-corrected chi connectivity index (χ4v) is 4.01. The molecule has 2 nitrogen and oxygen atoms in total. The second-order valence-corrected chi connectivity index (χ2v) is 6.52. The lowest BCUT2D eigenvalue weighted by Gasteiger charge is -2.20. The Bertz CT molecular complexity index is 674. The van der Waals surface area contributed by atoms with Gasteiger partial charge in [-0.15, -0.1) is 17.9 Å². The first-order valence-electron chi connectivity index (χ1n) is 6.34. The lowest BCUT2D eigenvalue weighted by molar-refractivity contribution is 1.19. The minimum Gasteiger partial charge on any atom is -0.306 e. The van der Waals surface area contributed by atoms with Gasteiger partial charge in [0.25, 0.3) is 0 Å². The third-order valence-electron chi connectivity index (χ3n) is 2.80. The molecule has 2 aromatic carbocycles. The number of rotatable bonds is 5. The number of hydrogen-bond acceptors (Lipinski definition) is 4. The Labute approximate surface area is 126 Å². The minimum atomic E-state index is 0.782. The summed E-state index contributed by atoms with van der Waals surface area (Å²) in [7, 11) is 0. The van der Waals surface area contributed by atoms with Crippen LogP contribution in [0, 0.1) is 0 Å². The van der Waals surface area contributed by atoms with Crippen LogP contribution in [0.25, 0.3) is 10.2 Å². The van der Waals surface area contributed by atoms with Crippen molar-refractivity contribution in [2.45, 2.75) is 4.34 Å². The molecule has 0 unspecified atom stereocenters. The fraction of sp³-hybridized carbons (Fsp3) is 0.0625. The molecule has 20 heavy (non-hydrogen) atoms. The normalized spacial score (nSPS) is 10.6. The predicted octanol–water partition coefficient (Wildman–Crippen LogP) is 5.00. The molecule has 0 bridgehead atoms. The molecule has 0 N–H and O–H groups in total. The maximum absolute atomic E-state index is 4.67. The van der Waals surface area contributed by atoms with Crippen molar-refractivity contribution < 1.29 is 0 Å². The van der Waals surface area contributed by atoms with Gasteiger partial charge in [-0.1, -0.05) is 36.4 Å². The second-order valence-electron chi connectivity index (χ2n) is 4.22. The SMILES string of the molecule is C=CCN(Sc1nc2ccccc2s1)c1ccccc1. The molecule has 100 valence electrons. The van der Waals surface area contributed by atoms with Crippen molar-refractivity contribution >= 4 is 39.2 Å². The van der Waals surface area contributed by atoms with Crippen molar-refractivity contribution in [3.63, 3.8) is 0 Å². The van der Waals surface area contributed by atoms with Crippen LogP contribution in [0.4, 0.5) is 5.69 Å². The molecule has 0 atom stereocenters. The quantitative estimate of drug-likeness (QED) is 0.487. The van der Waals surface area contributed by atoms with Gasteiger partial charge in [0.05, 0.1) is 10.2 Å². The molecule has 3 rings (SSSR count). The van der Waals surface area contributed by atoms with Crippen molar-refractivity contribution in [2.75, 3.05) is 10.8 Å². The number of hydrogen-bond donors (Lipinski definition) is 0. The maximum atomic E-state index is 4.67. The molecule has 0 radical (unpaired) electrons. The first kappa shape index (κ1) is 13.2. The summed E-state index contributed by atoms with van der Waals surface area (Å²) in [6, 6.07) is 18.6. The molecule has 0 saturated heterocycles. The van der Waals surface area contributed by atoms with Crippen molar-refractivity contribution in [3.8, 4) is 0 Å². The summed E-state index contributed by atoms with van der Waals surface area (Å²) in [6.45, 7) is 4.62. The number of aromatic nitrogens is 1.